The van der Waals surface area contributed by atoms with Crippen molar-refractivity contribution >= 4 is 22.5 Å². The summed E-state index contributed by atoms with van der Waals surface area (Å²) in [5.41, 5.74) is 7.89. The van der Waals surface area contributed by atoms with E-state index < -0.39 is 5.92 Å². The van der Waals surface area contributed by atoms with Crippen LogP contribution in [0.25, 0.3) is 27.8 Å². The second kappa shape index (κ2) is 10.0. The zero-order chi connectivity index (χ0) is 27.3. The summed E-state index contributed by atoms with van der Waals surface area (Å²) in [7, 11) is 0. The molecule has 1 aromatic carbocycles. The summed E-state index contributed by atoms with van der Waals surface area (Å²) in [4.78, 5) is 24.7. The number of hydrogen-bond acceptors (Lipinski definition) is 4. The maximum Gasteiger partial charge on any atom is 0.250 e. The molecule has 6 rings (SSSR count). The van der Waals surface area contributed by atoms with Crippen LogP contribution in [0.5, 0.6) is 0 Å². The zero-order valence-electron chi connectivity index (χ0n) is 22.9. The normalized spacial score (nSPS) is 19.0. The third kappa shape index (κ3) is 5.04. The number of carbonyl (C=O) groups excluding carboxylic acids is 1. The van der Waals surface area contributed by atoms with Crippen LogP contribution in [-0.4, -0.2) is 73.9 Å². The van der Waals surface area contributed by atoms with Crippen LogP contribution in [0.15, 0.2) is 36.8 Å². The van der Waals surface area contributed by atoms with Gasteiger partial charge in [-0.25, -0.2) is 18.3 Å². The van der Waals surface area contributed by atoms with Gasteiger partial charge in [0, 0.05) is 61.7 Å². The van der Waals surface area contributed by atoms with Crippen LogP contribution in [0.4, 0.5) is 8.78 Å². The predicted molar refractivity (Wildman–Crippen MR) is 148 cm³/mol. The Kier molecular flexibility index (Phi) is 6.65. The van der Waals surface area contributed by atoms with Gasteiger partial charge >= 0.3 is 0 Å². The highest BCUT2D eigenvalue weighted by Crippen LogP contribution is 2.38. The Labute approximate surface area is 227 Å². The molecule has 0 spiro atoms. The van der Waals surface area contributed by atoms with Gasteiger partial charge in [-0.15, -0.1) is 0 Å². The summed E-state index contributed by atoms with van der Waals surface area (Å²) in [5, 5.41) is 5.60. The largest absolute Gasteiger partial charge is 0.354 e. The molecule has 5 heterocycles. The average molecular weight is 535 g/mol. The first-order chi connectivity index (χ1) is 18.7. The summed E-state index contributed by atoms with van der Waals surface area (Å²) < 4.78 is 28.8. The van der Waals surface area contributed by atoms with Gasteiger partial charge in [-0.3, -0.25) is 9.69 Å². The van der Waals surface area contributed by atoms with Crippen molar-refractivity contribution in [3.05, 3.63) is 53.5 Å². The molecule has 0 atom stereocenters. The number of likely N-dealkylation sites (tertiary alicyclic amines) is 2. The number of piperidine rings is 2. The van der Waals surface area contributed by atoms with Gasteiger partial charge in [-0.1, -0.05) is 19.9 Å². The Balaban J connectivity index is 1.19. The van der Waals surface area contributed by atoms with Crippen molar-refractivity contribution in [2.24, 2.45) is 0 Å². The van der Waals surface area contributed by atoms with Crippen LogP contribution < -0.4 is 0 Å². The number of rotatable bonds is 5. The molecule has 0 bridgehead atoms. The predicted octanol–water partition coefficient (Wildman–Crippen LogP) is 5.75. The molecule has 0 radical (unpaired) electrons. The quantitative estimate of drug-likeness (QED) is 0.354. The number of aryl methyl sites for hydroxylation is 1. The van der Waals surface area contributed by atoms with E-state index in [0.717, 1.165) is 40.8 Å². The number of aromatic amines is 1. The van der Waals surface area contributed by atoms with E-state index in [-0.39, 0.29) is 38.4 Å². The van der Waals surface area contributed by atoms with E-state index >= 15 is 0 Å². The number of amides is 1. The molecule has 0 saturated carbocycles. The fraction of sp³-hybridized carbons (Fsp3) is 0.500. The lowest BCUT2D eigenvalue weighted by molar-refractivity contribution is -0.135. The first-order valence-corrected chi connectivity index (χ1v) is 14.0. The van der Waals surface area contributed by atoms with E-state index in [1.165, 1.54) is 16.5 Å². The van der Waals surface area contributed by atoms with Gasteiger partial charge in [-0.05, 0) is 66.5 Å². The number of H-pyrrole nitrogens is 1. The lowest BCUT2D eigenvalue weighted by Gasteiger charge is -2.36. The smallest absolute Gasteiger partial charge is 0.250 e. The van der Waals surface area contributed by atoms with Crippen molar-refractivity contribution in [1.82, 2.24) is 29.4 Å². The Morgan fingerprint density at radius 3 is 2.59 bits per heavy atom. The Bertz CT molecular complexity index is 1500. The molecular formula is C30H36F2N6O. The fourth-order valence-electron chi connectivity index (χ4n) is 6.33. The summed E-state index contributed by atoms with van der Waals surface area (Å²) in [5.74, 6) is -1.81. The van der Waals surface area contributed by atoms with Gasteiger partial charge < -0.3 is 9.88 Å². The van der Waals surface area contributed by atoms with Crippen molar-refractivity contribution in [1.29, 1.82) is 0 Å². The Morgan fingerprint density at radius 2 is 1.87 bits per heavy atom. The molecule has 1 amide bonds. The van der Waals surface area contributed by atoms with E-state index in [2.05, 4.69) is 60.1 Å². The molecule has 0 aliphatic carbocycles. The second-order valence-corrected chi connectivity index (χ2v) is 11.6. The molecule has 4 aromatic rings. The van der Waals surface area contributed by atoms with Crippen LogP contribution >= 0.6 is 0 Å². The van der Waals surface area contributed by atoms with Gasteiger partial charge in [0.2, 0.25) is 5.91 Å². The minimum absolute atomic E-state index is 0.0612. The van der Waals surface area contributed by atoms with Crippen LogP contribution in [-0.2, 0) is 4.79 Å². The van der Waals surface area contributed by atoms with Crippen molar-refractivity contribution in [3.8, 4) is 11.3 Å². The van der Waals surface area contributed by atoms with E-state index in [0.29, 0.717) is 24.9 Å². The van der Waals surface area contributed by atoms with Crippen LogP contribution in [0.1, 0.15) is 68.1 Å². The van der Waals surface area contributed by atoms with E-state index in [4.69, 9.17) is 0 Å². The first kappa shape index (κ1) is 25.9. The molecule has 2 aliphatic heterocycles. The highest BCUT2D eigenvalue weighted by molar-refractivity contribution is 5.92. The van der Waals surface area contributed by atoms with Crippen molar-refractivity contribution in [2.45, 2.75) is 64.2 Å². The summed E-state index contributed by atoms with van der Waals surface area (Å²) in [6.07, 6.45) is 5.13. The second-order valence-electron chi connectivity index (χ2n) is 11.6. The lowest BCUT2D eigenvalue weighted by Crippen LogP contribution is -2.47. The summed E-state index contributed by atoms with van der Waals surface area (Å²) in [6, 6.07) is 8.91. The van der Waals surface area contributed by atoms with E-state index in [1.54, 1.807) is 6.33 Å². The van der Waals surface area contributed by atoms with Crippen molar-refractivity contribution < 1.29 is 13.6 Å². The molecule has 7 nitrogen and oxygen atoms in total. The Morgan fingerprint density at radius 1 is 1.13 bits per heavy atom. The molecule has 206 valence electrons. The zero-order valence-corrected chi connectivity index (χ0v) is 22.9. The number of carbonyl (C=O) groups is 1. The van der Waals surface area contributed by atoms with E-state index in [1.807, 2.05) is 20.5 Å². The molecule has 2 saturated heterocycles. The molecule has 2 fully saturated rings. The third-order valence-corrected chi connectivity index (χ3v) is 8.55. The first-order valence-electron chi connectivity index (χ1n) is 14.0. The highest BCUT2D eigenvalue weighted by Gasteiger charge is 2.35. The topological polar surface area (TPSA) is 69.5 Å². The van der Waals surface area contributed by atoms with Gasteiger partial charge in [0.15, 0.2) is 5.65 Å². The minimum atomic E-state index is -2.58. The number of hydrogen-bond donors (Lipinski definition) is 1. The van der Waals surface area contributed by atoms with Gasteiger partial charge in [-0.2, -0.15) is 5.10 Å². The molecule has 0 unspecified atom stereocenters. The summed E-state index contributed by atoms with van der Waals surface area (Å²) >= 11 is 0. The fourth-order valence-corrected chi connectivity index (χ4v) is 6.33. The standard InChI is InChI=1S/C30H36F2N6O/c1-19(2)27-24-15-22(4-5-25(24)35-28(27)23-14-20(3)29-33-18-34-38(29)16-23)21-6-10-37(11-7-21)26(39)17-36-12-8-30(31,32)9-13-36/h4-5,14-16,18-19,21,35H,6-13,17H2,1-3H3. The van der Waals surface area contributed by atoms with Crippen LogP contribution in [0.3, 0.4) is 0 Å². The molecular weight excluding hydrogens is 498 g/mol. The van der Waals surface area contributed by atoms with E-state index in [9.17, 15) is 13.6 Å². The number of alkyl halides is 2. The number of benzene rings is 1. The number of nitrogens with one attached hydrogen (secondary N) is 1. The highest BCUT2D eigenvalue weighted by atomic mass is 19.3. The number of halogens is 2. The lowest BCUT2D eigenvalue weighted by atomic mass is 9.87. The number of nitrogens with zero attached hydrogens (tertiary/aromatic N) is 5. The maximum atomic E-state index is 13.5. The minimum Gasteiger partial charge on any atom is -0.354 e. The van der Waals surface area contributed by atoms with Gasteiger partial charge in [0.25, 0.3) is 5.92 Å². The van der Waals surface area contributed by atoms with Crippen LogP contribution in [0, 0.1) is 6.92 Å². The SMILES string of the molecule is Cc1cc(-c2[nH]c3ccc(C4CCN(C(=O)CN5CCC(F)(F)CC5)CC4)cc3c2C(C)C)cn2ncnc12. The number of fused-ring (bicyclic) bond motifs is 2. The monoisotopic (exact) mass is 534 g/mol. The molecule has 9 heteroatoms. The van der Waals surface area contributed by atoms with Crippen molar-refractivity contribution in [2.75, 3.05) is 32.7 Å². The third-order valence-electron chi connectivity index (χ3n) is 8.55. The van der Waals surface area contributed by atoms with Gasteiger partial charge in [0.1, 0.15) is 6.33 Å². The average Bonchev–Trinajstić information content (AvgIpc) is 3.55. The Hall–Kier alpha value is -3.33. The van der Waals surface area contributed by atoms with Gasteiger partial charge in [0.05, 0.1) is 12.2 Å². The molecule has 39 heavy (non-hydrogen) atoms. The molecule has 1 N–H and O–H groups in total. The van der Waals surface area contributed by atoms with Crippen molar-refractivity contribution in [3.63, 3.8) is 0 Å². The maximum absolute atomic E-state index is 13.5. The molecule has 3 aromatic heterocycles. The summed E-state index contributed by atoms with van der Waals surface area (Å²) in [6.45, 7) is 8.76. The number of pyridine rings is 1. The number of aromatic nitrogens is 4. The van der Waals surface area contributed by atoms with Crippen LogP contribution in [0.2, 0.25) is 0 Å². The molecule has 2 aliphatic rings.